The number of likely N-dealkylation sites (tertiary alicyclic amines) is 1. The van der Waals surface area contributed by atoms with E-state index in [4.69, 9.17) is 5.11 Å². The first-order valence-electron chi connectivity index (χ1n) is 7.58. The Balaban J connectivity index is 1.73. The van der Waals surface area contributed by atoms with Gasteiger partial charge in [0.2, 0.25) is 0 Å². The molecular weight excluding hydrogens is 284 g/mol. The van der Waals surface area contributed by atoms with Gasteiger partial charge >= 0.3 is 5.97 Å². The van der Waals surface area contributed by atoms with Gasteiger partial charge in [0.15, 0.2) is 0 Å². The van der Waals surface area contributed by atoms with Crippen LogP contribution < -0.4 is 5.32 Å². The van der Waals surface area contributed by atoms with Crippen molar-refractivity contribution in [2.24, 2.45) is 0 Å². The van der Waals surface area contributed by atoms with E-state index in [1.54, 1.807) is 12.1 Å². The topological polar surface area (TPSA) is 89.9 Å². The molecule has 1 atom stereocenters. The summed E-state index contributed by atoms with van der Waals surface area (Å²) in [5, 5.41) is 21.3. The zero-order chi connectivity index (χ0) is 15.9. The third-order valence-electron chi connectivity index (χ3n) is 3.79. The number of amides is 1. The van der Waals surface area contributed by atoms with E-state index < -0.39 is 5.97 Å². The number of nitrogens with one attached hydrogen (secondary N) is 1. The number of β-amino-alcohol motifs (C(OH)–C–C–N with tert-alkyl or cyclic N) is 1. The lowest BCUT2D eigenvalue weighted by atomic mass is 10.1. The maximum atomic E-state index is 12.0. The Kier molecular flexibility index (Phi) is 5.91. The van der Waals surface area contributed by atoms with Crippen LogP contribution >= 0.6 is 0 Å². The molecule has 0 bridgehead atoms. The summed E-state index contributed by atoms with van der Waals surface area (Å²) >= 11 is 0. The van der Waals surface area contributed by atoms with Gasteiger partial charge in [-0.05, 0) is 50.6 Å². The minimum absolute atomic E-state index is 0.106. The van der Waals surface area contributed by atoms with E-state index in [0.717, 1.165) is 32.4 Å². The lowest BCUT2D eigenvalue weighted by Gasteiger charge is -2.29. The first-order valence-corrected chi connectivity index (χ1v) is 7.58. The van der Waals surface area contributed by atoms with Crippen LogP contribution in [0.15, 0.2) is 24.3 Å². The van der Waals surface area contributed by atoms with E-state index >= 15 is 0 Å². The molecule has 3 N–H and O–H groups in total. The quantitative estimate of drug-likeness (QED) is 0.681. The van der Waals surface area contributed by atoms with E-state index in [1.165, 1.54) is 12.1 Å². The van der Waals surface area contributed by atoms with E-state index in [9.17, 15) is 14.7 Å². The molecule has 1 aromatic carbocycles. The fourth-order valence-corrected chi connectivity index (χ4v) is 2.63. The predicted molar refractivity (Wildman–Crippen MR) is 82.0 cm³/mol. The molecule has 6 nitrogen and oxygen atoms in total. The summed E-state index contributed by atoms with van der Waals surface area (Å²) in [7, 11) is 0. The lowest BCUT2D eigenvalue weighted by Crippen LogP contribution is -2.39. The number of rotatable bonds is 6. The molecule has 1 fully saturated rings. The molecule has 1 heterocycles. The van der Waals surface area contributed by atoms with Crippen molar-refractivity contribution in [3.63, 3.8) is 0 Å². The number of aliphatic hydroxyl groups excluding tert-OH is 1. The summed E-state index contributed by atoms with van der Waals surface area (Å²) in [6.45, 7) is 3.06. The van der Waals surface area contributed by atoms with Gasteiger partial charge in [-0.25, -0.2) is 4.79 Å². The number of piperidine rings is 1. The Morgan fingerprint density at radius 2 is 2.09 bits per heavy atom. The smallest absolute Gasteiger partial charge is 0.335 e. The zero-order valence-electron chi connectivity index (χ0n) is 12.5. The van der Waals surface area contributed by atoms with Gasteiger partial charge in [0.05, 0.1) is 11.7 Å². The molecular formula is C16H22N2O4. The molecule has 0 aromatic heterocycles. The standard InChI is InChI=1S/C16H22N2O4/c19-14-6-2-8-18(11-14)9-3-7-17-15(20)12-4-1-5-13(10-12)16(21)22/h1,4-5,10,14,19H,2-3,6-9,11H2,(H,17,20)(H,21,22)/t14-/m1/s1. The summed E-state index contributed by atoms with van der Waals surface area (Å²) in [5.74, 6) is -1.31. The highest BCUT2D eigenvalue weighted by molar-refractivity contribution is 5.97. The van der Waals surface area contributed by atoms with Crippen LogP contribution in [0.3, 0.4) is 0 Å². The predicted octanol–water partition coefficient (Wildman–Crippen LogP) is 0.961. The van der Waals surface area contributed by atoms with Crippen molar-refractivity contribution in [3.05, 3.63) is 35.4 Å². The number of hydrogen-bond donors (Lipinski definition) is 3. The molecule has 22 heavy (non-hydrogen) atoms. The Bertz CT molecular complexity index is 533. The summed E-state index contributed by atoms with van der Waals surface area (Å²) in [6.07, 6.45) is 2.45. The number of carbonyl (C=O) groups excluding carboxylic acids is 1. The number of hydrogen-bond acceptors (Lipinski definition) is 4. The summed E-state index contributed by atoms with van der Waals surface area (Å²) in [6, 6.07) is 6.00. The largest absolute Gasteiger partial charge is 0.478 e. The number of nitrogens with zero attached hydrogens (tertiary/aromatic N) is 1. The molecule has 1 aliphatic heterocycles. The highest BCUT2D eigenvalue weighted by Crippen LogP contribution is 2.09. The molecule has 6 heteroatoms. The number of carboxylic acid groups (broad SMARTS) is 1. The van der Waals surface area contributed by atoms with Gasteiger partial charge in [0, 0.05) is 18.7 Å². The molecule has 1 aliphatic rings. The molecule has 0 aliphatic carbocycles. The van der Waals surface area contributed by atoms with Crippen molar-refractivity contribution in [2.45, 2.75) is 25.4 Å². The molecule has 0 spiro atoms. The molecule has 0 radical (unpaired) electrons. The Hall–Kier alpha value is -1.92. The number of carboxylic acids is 1. The first-order chi connectivity index (χ1) is 10.6. The summed E-state index contributed by atoms with van der Waals surface area (Å²) < 4.78 is 0. The van der Waals surface area contributed by atoms with Gasteiger partial charge in [0.25, 0.3) is 5.91 Å². The number of benzene rings is 1. The van der Waals surface area contributed by atoms with Gasteiger partial charge in [-0.1, -0.05) is 6.07 Å². The van der Waals surface area contributed by atoms with Crippen LogP contribution in [0.25, 0.3) is 0 Å². The molecule has 1 amide bonds. The molecule has 1 aromatic rings. The SMILES string of the molecule is O=C(O)c1cccc(C(=O)NCCCN2CCC[C@@H](O)C2)c1. The van der Waals surface area contributed by atoms with Gasteiger partial charge < -0.3 is 20.4 Å². The van der Waals surface area contributed by atoms with E-state index in [-0.39, 0.29) is 17.6 Å². The molecule has 0 saturated carbocycles. The number of carbonyl (C=O) groups is 2. The highest BCUT2D eigenvalue weighted by Gasteiger charge is 2.16. The van der Waals surface area contributed by atoms with Crippen molar-refractivity contribution in [3.8, 4) is 0 Å². The Morgan fingerprint density at radius 1 is 1.32 bits per heavy atom. The second-order valence-corrected chi connectivity index (χ2v) is 5.59. The minimum Gasteiger partial charge on any atom is -0.478 e. The van der Waals surface area contributed by atoms with Crippen LogP contribution in [0.4, 0.5) is 0 Å². The minimum atomic E-state index is -1.04. The van der Waals surface area contributed by atoms with Crippen molar-refractivity contribution >= 4 is 11.9 Å². The Morgan fingerprint density at radius 3 is 2.82 bits per heavy atom. The maximum absolute atomic E-state index is 12.0. The van der Waals surface area contributed by atoms with Crippen LogP contribution in [0.1, 0.15) is 40.0 Å². The van der Waals surface area contributed by atoms with Crippen LogP contribution in [-0.4, -0.2) is 59.3 Å². The van der Waals surface area contributed by atoms with Gasteiger partial charge in [0.1, 0.15) is 0 Å². The second-order valence-electron chi connectivity index (χ2n) is 5.59. The van der Waals surface area contributed by atoms with Crippen molar-refractivity contribution < 1.29 is 19.8 Å². The third kappa shape index (κ3) is 4.82. The molecule has 120 valence electrons. The number of aliphatic hydroxyl groups is 1. The van der Waals surface area contributed by atoms with Gasteiger partial charge in [-0.15, -0.1) is 0 Å². The monoisotopic (exact) mass is 306 g/mol. The third-order valence-corrected chi connectivity index (χ3v) is 3.79. The fraction of sp³-hybridized carbons (Fsp3) is 0.500. The molecule has 0 unspecified atom stereocenters. The van der Waals surface area contributed by atoms with Crippen molar-refractivity contribution in [1.82, 2.24) is 10.2 Å². The van der Waals surface area contributed by atoms with Crippen LogP contribution in [0.5, 0.6) is 0 Å². The van der Waals surface area contributed by atoms with E-state index in [1.807, 2.05) is 0 Å². The summed E-state index contributed by atoms with van der Waals surface area (Å²) in [4.78, 5) is 25.0. The molecule has 1 saturated heterocycles. The highest BCUT2D eigenvalue weighted by atomic mass is 16.4. The van der Waals surface area contributed by atoms with Gasteiger partial charge in [-0.3, -0.25) is 4.79 Å². The first kappa shape index (κ1) is 16.5. The molecule has 2 rings (SSSR count). The van der Waals surface area contributed by atoms with Gasteiger partial charge in [-0.2, -0.15) is 0 Å². The van der Waals surface area contributed by atoms with Crippen molar-refractivity contribution in [2.75, 3.05) is 26.2 Å². The lowest BCUT2D eigenvalue weighted by molar-refractivity contribution is 0.0692. The Labute approximate surface area is 129 Å². The summed E-state index contributed by atoms with van der Waals surface area (Å²) in [5.41, 5.74) is 0.461. The van der Waals surface area contributed by atoms with Crippen LogP contribution in [0, 0.1) is 0 Å². The fourth-order valence-electron chi connectivity index (χ4n) is 2.63. The van der Waals surface area contributed by atoms with Crippen LogP contribution in [-0.2, 0) is 0 Å². The van der Waals surface area contributed by atoms with Crippen molar-refractivity contribution in [1.29, 1.82) is 0 Å². The maximum Gasteiger partial charge on any atom is 0.335 e. The average molecular weight is 306 g/mol. The zero-order valence-corrected chi connectivity index (χ0v) is 12.5. The number of aromatic carboxylic acids is 1. The average Bonchev–Trinajstić information content (AvgIpc) is 2.51. The van der Waals surface area contributed by atoms with E-state index in [0.29, 0.717) is 18.7 Å². The normalized spacial score (nSPS) is 18.9. The van der Waals surface area contributed by atoms with Crippen LogP contribution in [0.2, 0.25) is 0 Å². The van der Waals surface area contributed by atoms with E-state index in [2.05, 4.69) is 10.2 Å². The second kappa shape index (κ2) is 7.91.